The van der Waals surface area contributed by atoms with Gasteiger partial charge in [-0.05, 0) is 38.1 Å². The maximum absolute atomic E-state index is 12.2. The van der Waals surface area contributed by atoms with Crippen LogP contribution >= 0.6 is 0 Å². The molecule has 2 fully saturated rings. The molecule has 0 aromatic carbocycles. The van der Waals surface area contributed by atoms with Gasteiger partial charge in [-0.3, -0.25) is 14.4 Å². The zero-order valence-electron chi connectivity index (χ0n) is 13.4. The van der Waals surface area contributed by atoms with E-state index in [4.69, 9.17) is 0 Å². The van der Waals surface area contributed by atoms with Gasteiger partial charge in [0.05, 0.1) is 5.69 Å². The summed E-state index contributed by atoms with van der Waals surface area (Å²) < 4.78 is 1.89. The highest BCUT2D eigenvalue weighted by molar-refractivity contribution is 5.79. The van der Waals surface area contributed by atoms with Gasteiger partial charge in [-0.25, -0.2) is 0 Å². The van der Waals surface area contributed by atoms with Gasteiger partial charge in [0, 0.05) is 44.9 Å². The first-order valence-corrected chi connectivity index (χ1v) is 7.97. The molecule has 1 spiro atoms. The molecule has 1 aliphatic carbocycles. The van der Waals surface area contributed by atoms with Crippen molar-refractivity contribution in [3.8, 4) is 0 Å². The second kappa shape index (κ2) is 5.44. The normalized spacial score (nSPS) is 29.4. The Labute approximate surface area is 126 Å². The van der Waals surface area contributed by atoms with Crippen molar-refractivity contribution in [1.82, 2.24) is 20.0 Å². The first kappa shape index (κ1) is 14.6. The highest BCUT2D eigenvalue weighted by Crippen LogP contribution is 2.50. The van der Waals surface area contributed by atoms with Gasteiger partial charge < -0.3 is 5.32 Å². The summed E-state index contributed by atoms with van der Waals surface area (Å²) in [5.74, 6) is 0.453. The molecule has 1 N–H and O–H groups in total. The molecule has 0 bridgehead atoms. The van der Waals surface area contributed by atoms with Crippen molar-refractivity contribution < 1.29 is 4.79 Å². The lowest BCUT2D eigenvalue weighted by Gasteiger charge is -2.30. The van der Waals surface area contributed by atoms with Crippen LogP contribution in [0.1, 0.15) is 36.9 Å². The summed E-state index contributed by atoms with van der Waals surface area (Å²) in [5.41, 5.74) is 2.65. The van der Waals surface area contributed by atoms with Crippen molar-refractivity contribution in [3.63, 3.8) is 0 Å². The number of nitrogens with one attached hydrogen (secondary N) is 1. The van der Waals surface area contributed by atoms with Crippen LogP contribution in [0.5, 0.6) is 0 Å². The molecule has 3 rings (SSSR count). The Morgan fingerprint density at radius 2 is 2.33 bits per heavy atom. The summed E-state index contributed by atoms with van der Waals surface area (Å²) >= 11 is 0. The van der Waals surface area contributed by atoms with Gasteiger partial charge in [0.2, 0.25) is 5.91 Å². The average Bonchev–Trinajstić information content (AvgIpc) is 3.12. The van der Waals surface area contributed by atoms with Gasteiger partial charge in [0.25, 0.3) is 0 Å². The highest BCUT2D eigenvalue weighted by atomic mass is 16.1. The number of nitrogens with zero attached hydrogens (tertiary/aromatic N) is 3. The predicted molar refractivity (Wildman–Crippen MR) is 81.7 cm³/mol. The predicted octanol–water partition coefficient (Wildman–Crippen LogP) is 1.47. The smallest absolute Gasteiger partial charge is 0.223 e. The summed E-state index contributed by atoms with van der Waals surface area (Å²) in [7, 11) is 3.74. The Morgan fingerprint density at radius 3 is 3.00 bits per heavy atom. The Hall–Kier alpha value is -1.36. The Kier molecular flexibility index (Phi) is 3.78. The molecule has 1 saturated heterocycles. The number of aryl methyl sites for hydroxylation is 2. The number of amides is 1. The largest absolute Gasteiger partial charge is 0.359 e. The SMILES string of the molecule is CNC(=O)[C@H]1CCC[C@]12CCN(Cc1cn(C)nc1C)C2. The number of carbonyl (C=O) groups excluding carboxylic acids is 1. The molecule has 2 atom stereocenters. The molecular formula is C16H26N4O. The lowest BCUT2D eigenvalue weighted by atomic mass is 9.76. The third-order valence-electron chi connectivity index (χ3n) is 5.44. The van der Waals surface area contributed by atoms with E-state index >= 15 is 0 Å². The molecule has 116 valence electrons. The Bertz CT molecular complexity index is 538. The summed E-state index contributed by atoms with van der Waals surface area (Å²) in [5, 5.41) is 7.29. The van der Waals surface area contributed by atoms with Gasteiger partial charge in [0.1, 0.15) is 0 Å². The maximum atomic E-state index is 12.2. The van der Waals surface area contributed by atoms with Crippen molar-refractivity contribution in [2.75, 3.05) is 20.1 Å². The van der Waals surface area contributed by atoms with Crippen LogP contribution in [0.4, 0.5) is 0 Å². The van der Waals surface area contributed by atoms with Crippen LogP contribution in [-0.2, 0) is 18.4 Å². The Morgan fingerprint density at radius 1 is 1.52 bits per heavy atom. The van der Waals surface area contributed by atoms with Crippen molar-refractivity contribution in [2.45, 2.75) is 39.2 Å². The minimum Gasteiger partial charge on any atom is -0.359 e. The first-order valence-electron chi connectivity index (χ1n) is 7.97. The fraction of sp³-hybridized carbons (Fsp3) is 0.750. The second-order valence-electron chi connectivity index (χ2n) is 6.80. The third kappa shape index (κ3) is 2.59. The second-order valence-corrected chi connectivity index (χ2v) is 6.80. The maximum Gasteiger partial charge on any atom is 0.223 e. The van der Waals surface area contributed by atoms with E-state index in [1.807, 2.05) is 11.7 Å². The third-order valence-corrected chi connectivity index (χ3v) is 5.44. The molecule has 5 heteroatoms. The summed E-state index contributed by atoms with van der Waals surface area (Å²) in [6, 6.07) is 0. The van der Waals surface area contributed by atoms with Gasteiger partial charge in [-0.2, -0.15) is 5.10 Å². The number of hydrogen-bond donors (Lipinski definition) is 1. The van der Waals surface area contributed by atoms with Crippen molar-refractivity contribution >= 4 is 5.91 Å². The molecule has 1 aromatic heterocycles. The summed E-state index contributed by atoms with van der Waals surface area (Å²) in [6.45, 7) is 5.19. The van der Waals surface area contributed by atoms with E-state index in [1.54, 1.807) is 7.05 Å². The van der Waals surface area contributed by atoms with Crippen LogP contribution in [0.3, 0.4) is 0 Å². The van der Waals surface area contributed by atoms with Crippen molar-refractivity contribution in [3.05, 3.63) is 17.5 Å². The van der Waals surface area contributed by atoms with E-state index in [0.29, 0.717) is 0 Å². The standard InChI is InChI=1S/C16H26N4O/c1-12-13(9-19(3)18-12)10-20-8-7-16(11-20)6-4-5-14(16)15(21)17-2/h9,14H,4-8,10-11H2,1-3H3,(H,17,21)/t14-,16-/m1/s1. The van der Waals surface area contributed by atoms with Gasteiger partial charge in [0.15, 0.2) is 0 Å². The minimum absolute atomic E-state index is 0.211. The lowest BCUT2D eigenvalue weighted by molar-refractivity contribution is -0.127. The minimum atomic E-state index is 0.211. The fourth-order valence-electron chi connectivity index (χ4n) is 4.37. The number of aromatic nitrogens is 2. The number of rotatable bonds is 3. The van der Waals surface area contributed by atoms with Crippen LogP contribution in [0.2, 0.25) is 0 Å². The number of hydrogen-bond acceptors (Lipinski definition) is 3. The Balaban J connectivity index is 1.70. The first-order chi connectivity index (χ1) is 10.0. The lowest BCUT2D eigenvalue weighted by Crippen LogP contribution is -2.39. The monoisotopic (exact) mass is 290 g/mol. The van der Waals surface area contributed by atoms with E-state index in [-0.39, 0.29) is 17.2 Å². The van der Waals surface area contributed by atoms with Crippen molar-refractivity contribution in [2.24, 2.45) is 18.4 Å². The van der Waals surface area contributed by atoms with Crippen LogP contribution < -0.4 is 5.32 Å². The van der Waals surface area contributed by atoms with Gasteiger partial charge >= 0.3 is 0 Å². The quantitative estimate of drug-likeness (QED) is 0.917. The highest BCUT2D eigenvalue weighted by Gasteiger charge is 2.49. The van der Waals surface area contributed by atoms with E-state index < -0.39 is 0 Å². The molecule has 0 unspecified atom stereocenters. The van der Waals surface area contributed by atoms with E-state index in [1.165, 1.54) is 18.4 Å². The van der Waals surface area contributed by atoms with Gasteiger partial charge in [-0.1, -0.05) is 6.42 Å². The van der Waals surface area contributed by atoms with Crippen LogP contribution in [0.25, 0.3) is 0 Å². The van der Waals surface area contributed by atoms with Crippen LogP contribution in [0, 0.1) is 18.3 Å². The topological polar surface area (TPSA) is 50.2 Å². The molecule has 5 nitrogen and oxygen atoms in total. The van der Waals surface area contributed by atoms with E-state index in [9.17, 15) is 4.79 Å². The summed E-state index contributed by atoms with van der Waals surface area (Å²) in [6.07, 6.45) is 6.72. The molecule has 2 aliphatic rings. The summed E-state index contributed by atoms with van der Waals surface area (Å²) in [4.78, 5) is 14.7. The van der Waals surface area contributed by atoms with Crippen LogP contribution in [0.15, 0.2) is 6.20 Å². The molecule has 1 amide bonds. The molecule has 1 aliphatic heterocycles. The number of carbonyl (C=O) groups is 1. The molecule has 0 radical (unpaired) electrons. The molecule has 21 heavy (non-hydrogen) atoms. The van der Waals surface area contributed by atoms with E-state index in [2.05, 4.69) is 28.4 Å². The number of likely N-dealkylation sites (tertiary alicyclic amines) is 1. The average molecular weight is 290 g/mol. The van der Waals surface area contributed by atoms with Crippen molar-refractivity contribution in [1.29, 1.82) is 0 Å². The van der Waals surface area contributed by atoms with E-state index in [0.717, 1.165) is 38.2 Å². The molecular weight excluding hydrogens is 264 g/mol. The molecule has 1 aromatic rings. The van der Waals surface area contributed by atoms with Crippen LogP contribution in [-0.4, -0.2) is 40.7 Å². The van der Waals surface area contributed by atoms with Gasteiger partial charge in [-0.15, -0.1) is 0 Å². The fourth-order valence-corrected chi connectivity index (χ4v) is 4.37. The zero-order chi connectivity index (χ0) is 15.0. The molecule has 2 heterocycles. The molecule has 1 saturated carbocycles. The zero-order valence-corrected chi connectivity index (χ0v) is 13.4.